The number of carbonyl (C=O) groups excluding carboxylic acids is 1. The van der Waals surface area contributed by atoms with Gasteiger partial charge in [-0.2, -0.15) is 0 Å². The Balaban J connectivity index is 0.000000459. The van der Waals surface area contributed by atoms with Crippen LogP contribution in [0, 0.1) is 11.8 Å². The lowest BCUT2D eigenvalue weighted by atomic mass is 9.80. The second kappa shape index (κ2) is 7.97. The number of hydrogen-bond acceptors (Lipinski definition) is 3. The second-order valence-corrected chi connectivity index (χ2v) is 5.83. The molecule has 4 nitrogen and oxygen atoms in total. The Morgan fingerprint density at radius 2 is 2.05 bits per heavy atom. The van der Waals surface area contributed by atoms with Gasteiger partial charge in [0.05, 0.1) is 5.92 Å². The fraction of sp³-hybridized carbons (Fsp3) is 0.733. The van der Waals surface area contributed by atoms with E-state index in [0.29, 0.717) is 12.4 Å². The smallest absolute Gasteiger partial charge is 0.305 e. The molecule has 1 atom stereocenters. The SMILES string of the molecule is CC(C)C(=O)O.CC1=CCC(C(C)(C)OC=O)CC1. The lowest BCUT2D eigenvalue weighted by Crippen LogP contribution is -2.35. The fourth-order valence-corrected chi connectivity index (χ4v) is 1.82. The molecule has 1 aliphatic rings. The third-order valence-electron chi connectivity index (χ3n) is 3.47. The highest BCUT2D eigenvalue weighted by molar-refractivity contribution is 5.68. The fourth-order valence-electron chi connectivity index (χ4n) is 1.82. The zero-order valence-corrected chi connectivity index (χ0v) is 12.6. The van der Waals surface area contributed by atoms with Gasteiger partial charge in [-0.15, -0.1) is 0 Å². The molecule has 0 bridgehead atoms. The number of carboxylic acids is 1. The average molecular weight is 270 g/mol. The van der Waals surface area contributed by atoms with Crippen molar-refractivity contribution in [2.45, 2.75) is 59.5 Å². The Hall–Kier alpha value is -1.32. The summed E-state index contributed by atoms with van der Waals surface area (Å²) in [5, 5.41) is 7.99. The molecule has 0 saturated carbocycles. The summed E-state index contributed by atoms with van der Waals surface area (Å²) < 4.78 is 5.09. The normalized spacial score (nSPS) is 19.1. The average Bonchev–Trinajstić information content (AvgIpc) is 2.30. The third-order valence-corrected chi connectivity index (χ3v) is 3.47. The van der Waals surface area contributed by atoms with Crippen LogP contribution in [-0.4, -0.2) is 23.1 Å². The van der Waals surface area contributed by atoms with Crippen LogP contribution in [0.5, 0.6) is 0 Å². The van der Waals surface area contributed by atoms with Gasteiger partial charge in [0.2, 0.25) is 0 Å². The Morgan fingerprint density at radius 3 is 2.37 bits per heavy atom. The van der Waals surface area contributed by atoms with Gasteiger partial charge in [0.15, 0.2) is 0 Å². The van der Waals surface area contributed by atoms with E-state index in [4.69, 9.17) is 9.84 Å². The van der Waals surface area contributed by atoms with Gasteiger partial charge in [-0.1, -0.05) is 25.5 Å². The van der Waals surface area contributed by atoms with Gasteiger partial charge in [0, 0.05) is 5.92 Å². The minimum Gasteiger partial charge on any atom is -0.481 e. The highest BCUT2D eigenvalue weighted by Gasteiger charge is 2.31. The number of rotatable bonds is 4. The van der Waals surface area contributed by atoms with E-state index < -0.39 is 5.97 Å². The van der Waals surface area contributed by atoms with Crippen LogP contribution < -0.4 is 0 Å². The van der Waals surface area contributed by atoms with Crippen molar-refractivity contribution in [1.82, 2.24) is 0 Å². The van der Waals surface area contributed by atoms with Crippen LogP contribution >= 0.6 is 0 Å². The summed E-state index contributed by atoms with van der Waals surface area (Å²) in [7, 11) is 0. The van der Waals surface area contributed by atoms with Crippen molar-refractivity contribution >= 4 is 12.4 Å². The number of carboxylic acid groups (broad SMARTS) is 1. The first kappa shape index (κ1) is 17.7. The van der Waals surface area contributed by atoms with E-state index in [1.807, 2.05) is 13.8 Å². The van der Waals surface area contributed by atoms with Crippen LogP contribution in [-0.2, 0) is 14.3 Å². The van der Waals surface area contributed by atoms with Gasteiger partial charge in [-0.25, -0.2) is 0 Å². The number of hydrogen-bond donors (Lipinski definition) is 1. The molecule has 1 aliphatic carbocycles. The van der Waals surface area contributed by atoms with Crippen molar-refractivity contribution in [2.75, 3.05) is 0 Å². The van der Waals surface area contributed by atoms with E-state index in [2.05, 4.69) is 13.0 Å². The maximum absolute atomic E-state index is 10.3. The highest BCUT2D eigenvalue weighted by Crippen LogP contribution is 2.33. The quantitative estimate of drug-likeness (QED) is 0.628. The van der Waals surface area contributed by atoms with E-state index in [-0.39, 0.29) is 11.5 Å². The van der Waals surface area contributed by atoms with Crippen molar-refractivity contribution < 1.29 is 19.4 Å². The number of aliphatic carboxylic acids is 1. The topological polar surface area (TPSA) is 63.6 Å². The molecule has 0 heterocycles. The first-order valence-corrected chi connectivity index (χ1v) is 6.70. The van der Waals surface area contributed by atoms with Crippen LogP contribution in [0.3, 0.4) is 0 Å². The molecule has 0 amide bonds. The van der Waals surface area contributed by atoms with Crippen molar-refractivity contribution in [3.8, 4) is 0 Å². The van der Waals surface area contributed by atoms with Gasteiger partial charge in [-0.3, -0.25) is 9.59 Å². The largest absolute Gasteiger partial charge is 0.481 e. The molecular formula is C15H26O4. The molecule has 1 N–H and O–H groups in total. The molecule has 1 rings (SSSR count). The Bertz CT molecular complexity index is 329. The molecule has 110 valence electrons. The molecule has 0 aromatic carbocycles. The molecule has 19 heavy (non-hydrogen) atoms. The summed E-state index contributed by atoms with van der Waals surface area (Å²) >= 11 is 0. The van der Waals surface area contributed by atoms with Crippen LogP contribution in [0.1, 0.15) is 53.9 Å². The highest BCUT2D eigenvalue weighted by atomic mass is 16.5. The summed E-state index contributed by atoms with van der Waals surface area (Å²) in [6.07, 6.45) is 5.55. The third kappa shape index (κ3) is 6.99. The van der Waals surface area contributed by atoms with E-state index in [0.717, 1.165) is 19.3 Å². The molecule has 0 aromatic heterocycles. The second-order valence-electron chi connectivity index (χ2n) is 5.83. The summed E-state index contributed by atoms with van der Waals surface area (Å²) in [4.78, 5) is 20.0. The van der Waals surface area contributed by atoms with Crippen LogP contribution in [0.15, 0.2) is 11.6 Å². The number of ether oxygens (including phenoxy) is 1. The molecule has 0 aliphatic heterocycles. The number of allylic oxidation sites excluding steroid dienone is 2. The lowest BCUT2D eigenvalue weighted by molar-refractivity contribution is -0.145. The Morgan fingerprint density at radius 1 is 1.53 bits per heavy atom. The van der Waals surface area contributed by atoms with Gasteiger partial charge in [-0.05, 0) is 40.0 Å². The van der Waals surface area contributed by atoms with E-state index >= 15 is 0 Å². The molecule has 4 heteroatoms. The van der Waals surface area contributed by atoms with Crippen molar-refractivity contribution in [2.24, 2.45) is 11.8 Å². The van der Waals surface area contributed by atoms with Gasteiger partial charge in [0.1, 0.15) is 5.60 Å². The van der Waals surface area contributed by atoms with E-state index in [1.54, 1.807) is 13.8 Å². The van der Waals surface area contributed by atoms with Crippen LogP contribution in [0.25, 0.3) is 0 Å². The summed E-state index contributed by atoms with van der Waals surface area (Å²) in [5.41, 5.74) is 1.15. The zero-order valence-electron chi connectivity index (χ0n) is 12.6. The predicted molar refractivity (Wildman–Crippen MR) is 74.8 cm³/mol. The molecular weight excluding hydrogens is 244 g/mol. The van der Waals surface area contributed by atoms with Crippen LogP contribution in [0.4, 0.5) is 0 Å². The maximum Gasteiger partial charge on any atom is 0.305 e. The van der Waals surface area contributed by atoms with Gasteiger partial charge in [0.25, 0.3) is 6.47 Å². The molecule has 1 unspecified atom stereocenters. The molecule has 0 aromatic rings. The molecule has 0 fully saturated rings. The van der Waals surface area contributed by atoms with Crippen molar-refractivity contribution in [3.05, 3.63) is 11.6 Å². The first-order chi connectivity index (χ1) is 8.70. The van der Waals surface area contributed by atoms with Gasteiger partial charge < -0.3 is 9.84 Å². The lowest BCUT2D eigenvalue weighted by Gasteiger charge is -2.34. The molecule has 0 spiro atoms. The van der Waals surface area contributed by atoms with Crippen molar-refractivity contribution in [3.63, 3.8) is 0 Å². The molecule has 0 saturated heterocycles. The summed E-state index contributed by atoms with van der Waals surface area (Å²) in [5.74, 6) is -0.499. The predicted octanol–water partition coefficient (Wildman–Crippen LogP) is 3.41. The van der Waals surface area contributed by atoms with Gasteiger partial charge >= 0.3 is 5.97 Å². The Kier molecular flexibility index (Phi) is 7.42. The van der Waals surface area contributed by atoms with Crippen LogP contribution in [0.2, 0.25) is 0 Å². The standard InChI is InChI=1S/C11H18O2.C4H8O2/c1-9-4-6-10(7-5-9)11(2,3)13-8-12;1-3(2)4(5)6/h4,8,10H,5-7H2,1-3H3;3H,1-2H3,(H,5,6). The minimum atomic E-state index is -0.741. The number of carbonyl (C=O) groups is 2. The monoisotopic (exact) mass is 270 g/mol. The van der Waals surface area contributed by atoms with E-state index in [1.165, 1.54) is 5.57 Å². The molecule has 0 radical (unpaired) electrons. The Labute approximate surface area is 115 Å². The zero-order chi connectivity index (χ0) is 15.1. The first-order valence-electron chi connectivity index (χ1n) is 6.70. The maximum atomic E-state index is 10.3. The minimum absolute atomic E-state index is 0.231. The summed E-state index contributed by atoms with van der Waals surface area (Å²) in [6, 6.07) is 0. The van der Waals surface area contributed by atoms with E-state index in [9.17, 15) is 9.59 Å². The summed E-state index contributed by atoms with van der Waals surface area (Å²) in [6.45, 7) is 9.97. The van der Waals surface area contributed by atoms with Crippen molar-refractivity contribution in [1.29, 1.82) is 0 Å².